The zero-order valence-electron chi connectivity index (χ0n) is 13.8. The molecule has 2 N–H and O–H groups in total. The van der Waals surface area contributed by atoms with E-state index in [0.717, 1.165) is 30.2 Å². The highest BCUT2D eigenvalue weighted by molar-refractivity contribution is 7.98. The summed E-state index contributed by atoms with van der Waals surface area (Å²) in [5, 5.41) is 7.16. The average molecular weight is 345 g/mol. The summed E-state index contributed by atoms with van der Waals surface area (Å²) in [5.74, 6) is 2.08. The fourth-order valence-corrected chi connectivity index (χ4v) is 3.25. The van der Waals surface area contributed by atoms with Gasteiger partial charge in [0.25, 0.3) is 0 Å². The highest BCUT2D eigenvalue weighted by atomic mass is 32.2. The molecule has 0 radical (unpaired) electrons. The highest BCUT2D eigenvalue weighted by Crippen LogP contribution is 2.13. The molecule has 0 heterocycles. The van der Waals surface area contributed by atoms with Crippen molar-refractivity contribution in [3.63, 3.8) is 0 Å². The normalized spacial score (nSPS) is 10.3. The van der Waals surface area contributed by atoms with Gasteiger partial charge in [-0.2, -0.15) is 11.8 Å². The second kappa shape index (κ2) is 9.58. The standard InChI is InChI=1S/C19H24N2S2/c1-3-16-7-9-18(10-8-16)21-19(22)20-11-12-23-14-17-6-4-5-15(2)13-17/h4-10,13H,3,11-12,14H2,1-2H3,(H2,20,21,22). The molecule has 2 aromatic carbocycles. The Morgan fingerprint density at radius 3 is 2.57 bits per heavy atom. The Hall–Kier alpha value is -1.52. The summed E-state index contributed by atoms with van der Waals surface area (Å²) >= 11 is 7.24. The van der Waals surface area contributed by atoms with Crippen LogP contribution in [-0.2, 0) is 12.2 Å². The molecule has 0 aliphatic rings. The van der Waals surface area contributed by atoms with Crippen molar-refractivity contribution in [2.45, 2.75) is 26.0 Å². The Balaban J connectivity index is 1.62. The van der Waals surface area contributed by atoms with Crippen LogP contribution in [0.1, 0.15) is 23.6 Å². The van der Waals surface area contributed by atoms with Gasteiger partial charge >= 0.3 is 0 Å². The monoisotopic (exact) mass is 344 g/mol. The van der Waals surface area contributed by atoms with Crippen LogP contribution in [0, 0.1) is 6.92 Å². The molecule has 0 spiro atoms. The minimum Gasteiger partial charge on any atom is -0.362 e. The highest BCUT2D eigenvalue weighted by Gasteiger charge is 1.98. The number of thiocarbonyl (C=S) groups is 1. The lowest BCUT2D eigenvalue weighted by atomic mass is 10.1. The molecule has 2 rings (SSSR count). The van der Waals surface area contributed by atoms with E-state index in [4.69, 9.17) is 12.2 Å². The van der Waals surface area contributed by atoms with Gasteiger partial charge < -0.3 is 10.6 Å². The van der Waals surface area contributed by atoms with E-state index in [1.807, 2.05) is 11.8 Å². The molecule has 23 heavy (non-hydrogen) atoms. The fourth-order valence-electron chi connectivity index (χ4n) is 2.23. The first-order valence-corrected chi connectivity index (χ1v) is 9.50. The van der Waals surface area contributed by atoms with Crippen LogP contribution in [-0.4, -0.2) is 17.4 Å². The maximum absolute atomic E-state index is 5.33. The first-order chi connectivity index (χ1) is 11.2. The van der Waals surface area contributed by atoms with Crippen molar-refractivity contribution < 1.29 is 0 Å². The number of hydrogen-bond acceptors (Lipinski definition) is 2. The third kappa shape index (κ3) is 6.63. The van der Waals surface area contributed by atoms with E-state index in [1.54, 1.807) is 0 Å². The van der Waals surface area contributed by atoms with E-state index in [9.17, 15) is 0 Å². The first-order valence-electron chi connectivity index (χ1n) is 7.94. The van der Waals surface area contributed by atoms with Crippen LogP contribution in [0.15, 0.2) is 48.5 Å². The molecule has 0 fully saturated rings. The Kier molecular flexibility index (Phi) is 7.43. The van der Waals surface area contributed by atoms with E-state index in [2.05, 4.69) is 73.0 Å². The van der Waals surface area contributed by atoms with Gasteiger partial charge in [-0.05, 0) is 48.8 Å². The summed E-state index contributed by atoms with van der Waals surface area (Å²) < 4.78 is 0. The predicted molar refractivity (Wildman–Crippen MR) is 107 cm³/mol. The van der Waals surface area contributed by atoms with Crippen molar-refractivity contribution >= 4 is 34.8 Å². The molecule has 4 heteroatoms. The van der Waals surface area contributed by atoms with Crippen molar-refractivity contribution in [3.8, 4) is 0 Å². The SMILES string of the molecule is CCc1ccc(NC(=S)NCCSCc2cccc(C)c2)cc1. The number of rotatable bonds is 7. The zero-order chi connectivity index (χ0) is 16.5. The first kappa shape index (κ1) is 17.8. The fraction of sp³-hybridized carbons (Fsp3) is 0.316. The Labute approximate surface area is 149 Å². The second-order valence-electron chi connectivity index (χ2n) is 5.47. The Morgan fingerprint density at radius 2 is 1.87 bits per heavy atom. The van der Waals surface area contributed by atoms with Gasteiger partial charge in [-0.15, -0.1) is 0 Å². The third-order valence-corrected chi connectivity index (χ3v) is 4.78. The van der Waals surface area contributed by atoms with E-state index in [0.29, 0.717) is 5.11 Å². The van der Waals surface area contributed by atoms with Crippen molar-refractivity contribution in [1.29, 1.82) is 0 Å². The lowest BCUT2D eigenvalue weighted by Gasteiger charge is -2.11. The van der Waals surface area contributed by atoms with E-state index >= 15 is 0 Å². The smallest absolute Gasteiger partial charge is 0.170 e. The zero-order valence-corrected chi connectivity index (χ0v) is 15.4. The number of aryl methyl sites for hydroxylation is 2. The molecule has 0 aliphatic carbocycles. The molecule has 0 atom stereocenters. The van der Waals surface area contributed by atoms with Crippen LogP contribution < -0.4 is 10.6 Å². The molecule has 0 unspecified atom stereocenters. The van der Waals surface area contributed by atoms with Crippen LogP contribution in [0.2, 0.25) is 0 Å². The molecule has 0 aliphatic heterocycles. The summed E-state index contributed by atoms with van der Waals surface area (Å²) in [6.07, 6.45) is 1.06. The van der Waals surface area contributed by atoms with Crippen LogP contribution >= 0.6 is 24.0 Å². The lowest BCUT2D eigenvalue weighted by molar-refractivity contribution is 0.989. The van der Waals surface area contributed by atoms with E-state index in [1.165, 1.54) is 16.7 Å². The topological polar surface area (TPSA) is 24.1 Å². The summed E-state index contributed by atoms with van der Waals surface area (Å²) in [7, 11) is 0. The number of nitrogens with one attached hydrogen (secondary N) is 2. The van der Waals surface area contributed by atoms with Crippen LogP contribution in [0.5, 0.6) is 0 Å². The van der Waals surface area contributed by atoms with Gasteiger partial charge in [0.1, 0.15) is 0 Å². The largest absolute Gasteiger partial charge is 0.362 e. The van der Waals surface area contributed by atoms with E-state index < -0.39 is 0 Å². The number of anilines is 1. The minimum atomic E-state index is 0.686. The minimum absolute atomic E-state index is 0.686. The van der Waals surface area contributed by atoms with Crippen molar-refractivity contribution in [3.05, 3.63) is 65.2 Å². The second-order valence-corrected chi connectivity index (χ2v) is 6.99. The van der Waals surface area contributed by atoms with Gasteiger partial charge in [-0.3, -0.25) is 0 Å². The number of hydrogen-bond donors (Lipinski definition) is 2. The molecule has 0 bridgehead atoms. The van der Waals surface area contributed by atoms with Gasteiger partial charge in [0.05, 0.1) is 0 Å². The van der Waals surface area contributed by atoms with Gasteiger partial charge in [0, 0.05) is 23.7 Å². The van der Waals surface area contributed by atoms with Gasteiger partial charge in [0.2, 0.25) is 0 Å². The van der Waals surface area contributed by atoms with Crippen molar-refractivity contribution in [1.82, 2.24) is 5.32 Å². The van der Waals surface area contributed by atoms with Gasteiger partial charge in [0.15, 0.2) is 5.11 Å². The van der Waals surface area contributed by atoms with E-state index in [-0.39, 0.29) is 0 Å². The predicted octanol–water partition coefficient (Wildman–Crippen LogP) is 4.78. The quantitative estimate of drug-likeness (QED) is 0.558. The van der Waals surface area contributed by atoms with Crippen LogP contribution in [0.25, 0.3) is 0 Å². The van der Waals surface area contributed by atoms with Crippen molar-refractivity contribution in [2.75, 3.05) is 17.6 Å². The molecule has 0 aromatic heterocycles. The lowest BCUT2D eigenvalue weighted by Crippen LogP contribution is -2.30. The maximum atomic E-state index is 5.33. The molecule has 2 nitrogen and oxygen atoms in total. The molecule has 2 aromatic rings. The van der Waals surface area contributed by atoms with Crippen molar-refractivity contribution in [2.24, 2.45) is 0 Å². The summed E-state index contributed by atoms with van der Waals surface area (Å²) in [5.41, 5.74) is 5.07. The molecule has 0 saturated carbocycles. The summed E-state index contributed by atoms with van der Waals surface area (Å²) in [4.78, 5) is 0. The number of thioether (sulfide) groups is 1. The van der Waals surface area contributed by atoms with Gasteiger partial charge in [-0.1, -0.05) is 48.9 Å². The molecule has 122 valence electrons. The summed E-state index contributed by atoms with van der Waals surface area (Å²) in [6.45, 7) is 5.16. The van der Waals surface area contributed by atoms with Gasteiger partial charge in [-0.25, -0.2) is 0 Å². The van der Waals surface area contributed by atoms with Crippen LogP contribution in [0.3, 0.4) is 0 Å². The molecule has 0 amide bonds. The average Bonchev–Trinajstić information content (AvgIpc) is 2.55. The molecular weight excluding hydrogens is 320 g/mol. The summed E-state index contributed by atoms with van der Waals surface area (Å²) in [6, 6.07) is 17.1. The Morgan fingerprint density at radius 1 is 1.09 bits per heavy atom. The van der Waals surface area contributed by atoms with Crippen LogP contribution in [0.4, 0.5) is 5.69 Å². The Bertz CT molecular complexity index is 624. The molecule has 0 saturated heterocycles. The molecular formula is C19H24N2S2. The number of benzene rings is 2. The third-order valence-electron chi connectivity index (χ3n) is 3.50. The maximum Gasteiger partial charge on any atom is 0.170 e.